The van der Waals surface area contributed by atoms with E-state index in [0.29, 0.717) is 59.0 Å². The van der Waals surface area contributed by atoms with Crippen LogP contribution < -0.4 is 35.5 Å². The number of anilines is 4. The highest BCUT2D eigenvalue weighted by molar-refractivity contribution is 5.91. The first-order valence-corrected chi connectivity index (χ1v) is 25.8. The number of aromatic hydroxyl groups is 1. The van der Waals surface area contributed by atoms with Gasteiger partial charge in [-0.1, -0.05) is 43.3 Å². The van der Waals surface area contributed by atoms with E-state index in [9.17, 15) is 19.8 Å². The van der Waals surface area contributed by atoms with E-state index in [2.05, 4.69) is 57.4 Å². The Bertz CT molecular complexity index is 2790. The summed E-state index contributed by atoms with van der Waals surface area (Å²) in [7, 11) is 0. The van der Waals surface area contributed by atoms with Crippen LogP contribution >= 0.6 is 0 Å². The number of nitriles is 1. The van der Waals surface area contributed by atoms with Gasteiger partial charge < -0.3 is 50.1 Å². The molecule has 2 amide bonds. The van der Waals surface area contributed by atoms with Crippen molar-refractivity contribution < 1.29 is 38.4 Å². The van der Waals surface area contributed by atoms with Gasteiger partial charge in [0.1, 0.15) is 30.0 Å². The van der Waals surface area contributed by atoms with E-state index < -0.39 is 30.3 Å². The van der Waals surface area contributed by atoms with Gasteiger partial charge in [0.15, 0.2) is 23.6 Å². The molecule has 8 atom stereocenters. The summed E-state index contributed by atoms with van der Waals surface area (Å²) in [6, 6.07) is 23.2. The lowest BCUT2D eigenvalue weighted by Crippen LogP contribution is -2.54. The maximum absolute atomic E-state index is 16.0. The van der Waals surface area contributed by atoms with E-state index in [1.807, 2.05) is 57.3 Å². The molecule has 2 aromatic carbocycles. The highest BCUT2D eigenvalue weighted by atomic mass is 19.1. The number of halogens is 1. The molecule has 5 aromatic rings. The van der Waals surface area contributed by atoms with Crippen molar-refractivity contribution >= 4 is 34.8 Å². The maximum Gasteiger partial charge on any atom is 0.368 e. The Labute approximate surface area is 424 Å². The van der Waals surface area contributed by atoms with Crippen LogP contribution in [0.15, 0.2) is 83.5 Å². The molecule has 2 bridgehead atoms. The van der Waals surface area contributed by atoms with E-state index in [-0.39, 0.29) is 54.6 Å². The zero-order valence-corrected chi connectivity index (χ0v) is 41.7. The summed E-state index contributed by atoms with van der Waals surface area (Å²) in [5.74, 6) is 0.975. The molecule has 5 aliphatic rings. The summed E-state index contributed by atoms with van der Waals surface area (Å²) < 4.78 is 28.2. The number of alkyl halides is 1. The Morgan fingerprint density at radius 3 is 2.41 bits per heavy atom. The van der Waals surface area contributed by atoms with E-state index in [4.69, 9.17) is 20.3 Å². The highest BCUT2D eigenvalue weighted by Gasteiger charge is 2.45. The molecule has 18 nitrogen and oxygen atoms in total. The highest BCUT2D eigenvalue weighted by Crippen LogP contribution is 2.40. The third kappa shape index (κ3) is 10.6. The second-order valence-corrected chi connectivity index (χ2v) is 20.9. The number of aliphatic hydroxyl groups is 1. The van der Waals surface area contributed by atoms with Gasteiger partial charge in [0, 0.05) is 95.0 Å². The first-order chi connectivity index (χ1) is 35.3. The number of aromatic nitrogens is 4. The summed E-state index contributed by atoms with van der Waals surface area (Å²) in [5.41, 5.74) is 10.7. The summed E-state index contributed by atoms with van der Waals surface area (Å²) in [6.07, 6.45) is 3.85. The third-order valence-electron chi connectivity index (χ3n) is 15.7. The Morgan fingerprint density at radius 1 is 0.945 bits per heavy atom. The fourth-order valence-electron chi connectivity index (χ4n) is 11.8. The topological polar surface area (TPSA) is 228 Å². The molecular formula is C54H66FN12O6+. The van der Waals surface area contributed by atoms with Crippen molar-refractivity contribution in [2.75, 3.05) is 72.8 Å². The van der Waals surface area contributed by atoms with Gasteiger partial charge in [0.2, 0.25) is 11.8 Å². The molecule has 10 rings (SSSR count). The van der Waals surface area contributed by atoms with Gasteiger partial charge in [-0.15, -0.1) is 10.2 Å². The normalized spacial score (nSPS) is 24.4. The van der Waals surface area contributed by atoms with Crippen LogP contribution in [0.25, 0.3) is 11.3 Å². The Hall–Kier alpha value is -7.04. The number of rotatable bonds is 14. The van der Waals surface area contributed by atoms with Crippen molar-refractivity contribution in [3.8, 4) is 29.0 Å². The SMILES string of the molecule is CC(C)[C@@H](C(=O)N1C[C@H](O)C[C@H]1C(=O)N[C@@H](C)c1ccc(C#N)cc1)c1cc(N2CCC(CN3CCC(Oc4cc(N5C6CCC5CN(c5cc(-c7ccccc7O)nnc5N)C6)cc[nH+]4)[C@@H](F)C3)CC2)no1. The lowest BCUT2D eigenvalue weighted by molar-refractivity contribution is -0.397. The third-order valence-corrected chi connectivity index (χ3v) is 15.7. The Kier molecular flexibility index (Phi) is 14.4. The fourth-order valence-corrected chi connectivity index (χ4v) is 11.8. The number of β-amino-alcohol motifs (C(OH)–C–C–N with tert-alkyl or cyclic N) is 1. The Balaban J connectivity index is 0.695. The second-order valence-electron chi connectivity index (χ2n) is 20.9. The number of benzene rings is 2. The van der Waals surface area contributed by atoms with Gasteiger partial charge in [-0.3, -0.25) is 14.5 Å². The number of ether oxygens (including phenoxy) is 1. The first-order valence-electron chi connectivity index (χ1n) is 25.8. The van der Waals surface area contributed by atoms with Crippen LogP contribution in [0.1, 0.15) is 88.1 Å². The van der Waals surface area contributed by atoms with Crippen LogP contribution in [-0.4, -0.2) is 136 Å². The zero-order valence-electron chi connectivity index (χ0n) is 41.7. The number of H-pyrrole nitrogens is 1. The van der Waals surface area contributed by atoms with E-state index >= 15 is 4.39 Å². The molecule has 6 N–H and O–H groups in total. The van der Waals surface area contributed by atoms with Gasteiger partial charge in [-0.05, 0) is 80.3 Å². The van der Waals surface area contributed by atoms with Crippen LogP contribution in [0.2, 0.25) is 0 Å². The summed E-state index contributed by atoms with van der Waals surface area (Å²) in [6.45, 7) is 10.6. The van der Waals surface area contributed by atoms with Crippen molar-refractivity contribution in [1.82, 2.24) is 30.5 Å². The Morgan fingerprint density at radius 2 is 1.70 bits per heavy atom. The summed E-state index contributed by atoms with van der Waals surface area (Å²) >= 11 is 0. The standard InChI is InChI=1S/C54H65FN12O6/c1-32(2)51(54(71)66-30-40(68)23-45(66)53(70)59-33(3)36-10-8-34(26-56)9-11-36)48-25-49(62-73-48)64-20-15-35(16-21-64)27-63-19-17-47(42(55)31-63)72-50-22-37(14-18-58-50)67-38-12-13-39(67)29-65(28-38)44-24-43(60-61-52(44)57)41-6-4-5-7-46(41)69/h4-11,14,18,22,24-25,32-33,35,38-40,42,45,47,51,68-69H,12-13,15-17,19-21,23,27-31H2,1-3H3,(H2,57,61)(H,59,70)/p+1/t33-,38?,39?,40+,42-,45-,47?,51+/m0/s1. The van der Waals surface area contributed by atoms with Gasteiger partial charge in [0.05, 0.1) is 46.9 Å². The minimum atomic E-state index is -1.15. The number of nitrogens with two attached hydrogens (primary N) is 1. The molecule has 73 heavy (non-hydrogen) atoms. The number of piperidine rings is 2. The largest absolute Gasteiger partial charge is 0.507 e. The number of likely N-dealkylation sites (tertiary alicyclic amines) is 2. The number of nitrogens with zero attached hydrogens (tertiary/aromatic N) is 9. The molecule has 3 aromatic heterocycles. The van der Waals surface area contributed by atoms with Gasteiger partial charge in [0.25, 0.3) is 0 Å². The molecule has 5 aliphatic heterocycles. The van der Waals surface area contributed by atoms with Gasteiger partial charge >= 0.3 is 5.88 Å². The molecule has 0 radical (unpaired) electrons. The number of hydrogen-bond donors (Lipinski definition) is 4. The summed E-state index contributed by atoms with van der Waals surface area (Å²) in [5, 5.41) is 46.2. The number of phenols is 1. The molecule has 5 saturated heterocycles. The number of carbonyl (C=O) groups is 2. The van der Waals surface area contributed by atoms with Crippen LogP contribution in [-0.2, 0) is 9.59 Å². The smallest absolute Gasteiger partial charge is 0.368 e. The number of aliphatic hydroxyl groups excluding tert-OH is 1. The monoisotopic (exact) mass is 998 g/mol. The fraction of sp³-hybridized carbons (Fsp3) is 0.500. The van der Waals surface area contributed by atoms with Crippen molar-refractivity contribution in [1.29, 1.82) is 5.26 Å². The van der Waals surface area contributed by atoms with Crippen molar-refractivity contribution in [3.05, 3.63) is 95.9 Å². The average molecular weight is 998 g/mol. The van der Waals surface area contributed by atoms with Crippen molar-refractivity contribution in [3.63, 3.8) is 0 Å². The van der Waals surface area contributed by atoms with E-state index in [1.54, 1.807) is 36.4 Å². The molecule has 5 fully saturated rings. The number of carbonyl (C=O) groups excluding carboxylic acids is 2. The molecule has 3 unspecified atom stereocenters. The average Bonchev–Trinajstić information content (AvgIpc) is 4.10. The molecule has 8 heterocycles. The predicted molar refractivity (Wildman–Crippen MR) is 271 cm³/mol. The van der Waals surface area contributed by atoms with Gasteiger partial charge in [-0.25, -0.2) is 4.39 Å². The number of para-hydroxylation sites is 1. The van der Waals surface area contributed by atoms with E-state index in [0.717, 1.165) is 81.9 Å². The van der Waals surface area contributed by atoms with Gasteiger partial charge in [-0.2, -0.15) is 10.2 Å². The number of pyridine rings is 1. The van der Waals surface area contributed by atoms with E-state index in [1.165, 1.54) is 4.90 Å². The predicted octanol–water partition coefficient (Wildman–Crippen LogP) is 5.25. The minimum absolute atomic E-state index is 0.0379. The van der Waals surface area contributed by atoms with Crippen LogP contribution in [0.5, 0.6) is 11.6 Å². The number of phenolic OH excluding ortho intramolecular Hbond substituents is 1. The molecule has 0 aliphatic carbocycles. The second kappa shape index (κ2) is 21.2. The number of nitrogens with one attached hydrogen (secondary N) is 2. The number of piperazine rings is 1. The minimum Gasteiger partial charge on any atom is -0.507 e. The molecule has 0 saturated carbocycles. The number of nitrogen functional groups attached to an aromatic ring is 1. The van der Waals surface area contributed by atoms with Crippen LogP contribution in [0, 0.1) is 23.2 Å². The molecular weight excluding hydrogens is 932 g/mol. The first kappa shape index (κ1) is 49.5. The summed E-state index contributed by atoms with van der Waals surface area (Å²) in [4.78, 5) is 41.7. The molecule has 384 valence electrons. The number of aromatic amines is 1. The zero-order chi connectivity index (χ0) is 50.9. The maximum atomic E-state index is 16.0. The molecule has 19 heteroatoms. The quantitative estimate of drug-likeness (QED) is 0.111. The number of hydrogen-bond acceptors (Lipinski definition) is 15. The van der Waals surface area contributed by atoms with Crippen molar-refractivity contribution in [2.45, 2.75) is 108 Å². The van der Waals surface area contributed by atoms with Crippen LogP contribution in [0.3, 0.4) is 0 Å². The lowest BCUT2D eigenvalue weighted by Gasteiger charge is -2.43. The molecule has 0 spiro atoms. The number of amides is 2. The van der Waals surface area contributed by atoms with Crippen molar-refractivity contribution in [2.24, 2.45) is 11.8 Å². The lowest BCUT2D eigenvalue weighted by atomic mass is 9.91. The number of fused-ring (bicyclic) bond motifs is 2. The van der Waals surface area contributed by atoms with Crippen LogP contribution in [0.4, 0.5) is 27.4 Å².